The fourth-order valence-corrected chi connectivity index (χ4v) is 97.4. The van der Waals surface area contributed by atoms with Crippen LogP contribution in [0.1, 0.15) is 11.1 Å². The van der Waals surface area contributed by atoms with Crippen LogP contribution in [0, 0.1) is 17.4 Å². The fraction of sp³-hybridized carbons (Fsp3) is 0.143. The third-order valence-corrected chi connectivity index (χ3v) is 62.8. The molecule has 8 atom stereocenters. The Kier molecular flexibility index (Phi) is 20.1. The number of hydrogen-bond acceptors (Lipinski definition) is 2. The van der Waals surface area contributed by atoms with Gasteiger partial charge in [0.2, 0.25) is 0 Å². The summed E-state index contributed by atoms with van der Waals surface area (Å²) in [5, 5.41) is 17.8. The topological polar surface area (TPSA) is 40.5 Å². The van der Waals surface area contributed by atoms with E-state index >= 15 is 0 Å². The standard InChI is InChI=1S/C7H7IO.C7H8O.H13P11/c1-5-2-3-7(9)6(8)4-5;1-6-2-4-7(8)5-3-6;1-7-10(6)11(8(2)3)9(4)5/h2-4,9H,1H3;2-5,8H,1H3;7H,1-6H2. The van der Waals surface area contributed by atoms with E-state index in [2.05, 4.69) is 76.2 Å². The summed E-state index contributed by atoms with van der Waals surface area (Å²) in [5.41, 5.74) is 2.35. The second kappa shape index (κ2) is 17.9. The van der Waals surface area contributed by atoms with E-state index in [9.17, 15) is 0 Å². The van der Waals surface area contributed by atoms with E-state index in [4.69, 9.17) is 10.2 Å². The number of phenolic OH excluding ortho intramolecular Hbond substituents is 2. The van der Waals surface area contributed by atoms with Crippen LogP contribution < -0.4 is 0 Å². The Morgan fingerprint density at radius 3 is 1.57 bits per heavy atom. The molecule has 2 rings (SSSR count). The zero-order chi connectivity index (χ0) is 21.9. The molecule has 0 heterocycles. The first-order valence-corrected chi connectivity index (χ1v) is 27.9. The number of halogens is 1. The third kappa shape index (κ3) is 14.6. The van der Waals surface area contributed by atoms with Crippen LogP contribution in [-0.2, 0) is 0 Å². The van der Waals surface area contributed by atoms with E-state index in [1.807, 2.05) is 38.1 Å². The highest BCUT2D eigenvalue weighted by atomic mass is 127. The lowest BCUT2D eigenvalue weighted by molar-refractivity contribution is 0.471. The van der Waals surface area contributed by atoms with Gasteiger partial charge in [-0.15, -0.1) is 53.6 Å². The number of phenols is 2. The van der Waals surface area contributed by atoms with Crippen molar-refractivity contribution in [2.45, 2.75) is 13.8 Å². The highest BCUT2D eigenvalue weighted by molar-refractivity contribution is 14.1. The van der Waals surface area contributed by atoms with Crippen molar-refractivity contribution in [1.29, 1.82) is 0 Å². The van der Waals surface area contributed by atoms with Crippen molar-refractivity contribution in [3.63, 3.8) is 0 Å². The third-order valence-electron chi connectivity index (χ3n) is 2.88. The second-order valence-corrected chi connectivity index (χ2v) is 45.5. The molecular weight excluding hydrogens is 668 g/mol. The summed E-state index contributed by atoms with van der Waals surface area (Å²) in [6.45, 7) is 4.75. The first-order valence-electron chi connectivity index (χ1n) is 7.60. The van der Waals surface area contributed by atoms with Crippen LogP contribution in [0.5, 0.6) is 11.5 Å². The Hall–Kier alpha value is 3.50. The molecule has 0 fully saturated rings. The van der Waals surface area contributed by atoms with Crippen molar-refractivity contribution in [1.82, 2.24) is 0 Å². The van der Waals surface area contributed by atoms with E-state index in [-0.39, 0.29) is 27.9 Å². The maximum atomic E-state index is 9.04. The molecule has 8 unspecified atom stereocenters. The number of hydrogen-bond donors (Lipinski definition) is 2. The van der Waals surface area contributed by atoms with Crippen LogP contribution >= 0.6 is 112 Å². The Morgan fingerprint density at radius 1 is 0.821 bits per heavy atom. The van der Waals surface area contributed by atoms with Crippen LogP contribution in [0.4, 0.5) is 0 Å². The summed E-state index contributed by atoms with van der Waals surface area (Å²) < 4.78 is 0.910. The van der Waals surface area contributed by atoms with Gasteiger partial charge in [-0.1, -0.05) is 31.7 Å². The van der Waals surface area contributed by atoms with Crippen molar-refractivity contribution in [3.8, 4) is 11.5 Å². The van der Waals surface area contributed by atoms with Gasteiger partial charge in [0.25, 0.3) is 0 Å². The summed E-state index contributed by atoms with van der Waals surface area (Å²) in [5.74, 6) is 0.691. The first kappa shape index (κ1) is 31.5. The molecule has 0 aliphatic carbocycles. The Bertz CT molecular complexity index is 658. The molecule has 2 aromatic carbocycles. The SMILES string of the molecule is Cc1ccc(O)c(I)c1.Cc1ccc(O)cc1.PPP(P)P(P(P)P)P(P)P. The largest absolute Gasteiger partial charge is 0.508 e. The lowest BCUT2D eigenvalue weighted by Crippen LogP contribution is -1.74. The number of aromatic hydroxyl groups is 2. The van der Waals surface area contributed by atoms with Crippen LogP contribution in [0.2, 0.25) is 0 Å². The minimum absolute atomic E-state index is 0.138. The average Bonchev–Trinajstić information content (AvgIpc) is 2.61. The lowest BCUT2D eigenvalue weighted by Gasteiger charge is -2.29. The summed E-state index contributed by atoms with van der Waals surface area (Å²) in [4.78, 5) is 0. The Morgan fingerprint density at radius 2 is 1.29 bits per heavy atom. The fourth-order valence-electron chi connectivity index (χ4n) is 1.55. The smallest absolute Gasteiger partial charge is 0.128 e. The average molecular weight is 696 g/mol. The summed E-state index contributed by atoms with van der Waals surface area (Å²) >= 11 is 2.10. The van der Waals surface area contributed by atoms with Gasteiger partial charge in [-0.3, -0.25) is 0 Å². The Balaban J connectivity index is 0.000000395. The maximum absolute atomic E-state index is 9.04. The predicted molar refractivity (Wildman–Crippen MR) is 173 cm³/mol. The van der Waals surface area contributed by atoms with Gasteiger partial charge in [0.1, 0.15) is 11.5 Å². The maximum Gasteiger partial charge on any atom is 0.128 e. The molecule has 28 heavy (non-hydrogen) atoms. The van der Waals surface area contributed by atoms with Crippen molar-refractivity contribution in [2.75, 3.05) is 0 Å². The van der Waals surface area contributed by atoms with Crippen molar-refractivity contribution in [3.05, 3.63) is 57.2 Å². The molecule has 0 amide bonds. The molecule has 158 valence electrons. The van der Waals surface area contributed by atoms with Gasteiger partial charge >= 0.3 is 0 Å². The number of aryl methyl sites for hydroxylation is 2. The van der Waals surface area contributed by atoms with Crippen LogP contribution in [-0.4, -0.2) is 10.2 Å². The molecule has 0 saturated carbocycles. The molecule has 2 N–H and O–H groups in total. The monoisotopic (exact) mass is 696 g/mol. The molecule has 0 aliphatic rings. The molecule has 0 bridgehead atoms. The minimum atomic E-state index is 0.138. The number of rotatable bonds is 4. The van der Waals surface area contributed by atoms with Crippen LogP contribution in [0.15, 0.2) is 42.5 Å². The van der Waals surface area contributed by atoms with E-state index in [0.717, 1.165) is 11.5 Å². The molecule has 0 radical (unpaired) electrons. The highest BCUT2D eigenvalue weighted by Gasteiger charge is 2.22. The molecule has 14 heteroatoms. The zero-order valence-electron chi connectivity index (χ0n) is 15.6. The first-order chi connectivity index (χ1) is 13.0. The van der Waals surface area contributed by atoms with E-state index < -0.39 is 0 Å². The molecule has 0 aromatic heterocycles. The molecule has 0 spiro atoms. The van der Waals surface area contributed by atoms with Gasteiger partial charge in [0.05, 0.1) is 3.57 Å². The predicted octanol–water partition coefficient (Wildman–Crippen LogP) is 10.00. The van der Waals surface area contributed by atoms with Crippen LogP contribution in [0.25, 0.3) is 0 Å². The molecule has 2 nitrogen and oxygen atoms in total. The minimum Gasteiger partial charge on any atom is -0.508 e. The Labute approximate surface area is 203 Å². The van der Waals surface area contributed by atoms with E-state index in [1.54, 1.807) is 18.2 Å². The van der Waals surface area contributed by atoms with Crippen molar-refractivity contribution < 1.29 is 10.2 Å². The van der Waals surface area contributed by atoms with Gasteiger partial charge in [-0.25, -0.2) is 0 Å². The summed E-state index contributed by atoms with van der Waals surface area (Å²) in [6, 6.07) is 12.6. The molecule has 0 saturated heterocycles. The highest BCUT2D eigenvalue weighted by Crippen LogP contribution is 3.12. The van der Waals surface area contributed by atoms with Crippen molar-refractivity contribution in [2.24, 2.45) is 0 Å². The van der Waals surface area contributed by atoms with Gasteiger partial charge in [-0.2, -0.15) is 0 Å². The molecule has 0 aliphatic heterocycles. The lowest BCUT2D eigenvalue weighted by atomic mass is 10.2. The second-order valence-electron chi connectivity index (χ2n) is 5.29. The van der Waals surface area contributed by atoms with E-state index in [0.29, 0.717) is 11.5 Å². The van der Waals surface area contributed by atoms with Crippen LogP contribution in [0.3, 0.4) is 0 Å². The van der Waals surface area contributed by atoms with Gasteiger partial charge in [0, 0.05) is 0 Å². The van der Waals surface area contributed by atoms with Gasteiger partial charge in [0.15, 0.2) is 0 Å². The molecular formula is C14H28IO2P11. The normalized spacial score (nSPS) is 12.0. The summed E-state index contributed by atoms with van der Waals surface area (Å²) in [6.07, 6.45) is 0. The van der Waals surface area contributed by atoms with Crippen molar-refractivity contribution >= 4 is 112 Å². The number of benzene rings is 2. The molecule has 2 aromatic rings. The quantitative estimate of drug-likeness (QED) is 0.247. The summed E-state index contributed by atoms with van der Waals surface area (Å²) in [7, 11) is 18.9. The van der Waals surface area contributed by atoms with Gasteiger partial charge < -0.3 is 10.2 Å². The van der Waals surface area contributed by atoms with E-state index in [1.165, 1.54) is 11.1 Å². The van der Waals surface area contributed by atoms with Gasteiger partial charge in [-0.05, 0) is 94.2 Å². The zero-order valence-corrected chi connectivity index (χ0v) is 29.2.